The molecule has 0 aliphatic carbocycles. The molecule has 0 atom stereocenters. The minimum absolute atomic E-state index is 0.0614. The van der Waals surface area contributed by atoms with Crippen LogP contribution >= 0.6 is 0 Å². The van der Waals surface area contributed by atoms with Crippen molar-refractivity contribution in [3.8, 4) is 17.3 Å². The summed E-state index contributed by atoms with van der Waals surface area (Å²) in [6.07, 6.45) is 2.05. The van der Waals surface area contributed by atoms with Crippen molar-refractivity contribution in [3.05, 3.63) is 36.0 Å². The monoisotopic (exact) mass is 292 g/mol. The lowest BCUT2D eigenvalue weighted by molar-refractivity contribution is 0.623. The molecule has 1 aromatic carbocycles. The third-order valence-corrected chi connectivity index (χ3v) is 3.62. The van der Waals surface area contributed by atoms with Crippen LogP contribution < -0.4 is 11.5 Å². The van der Waals surface area contributed by atoms with E-state index in [2.05, 4.69) is 34.5 Å². The molecule has 0 aliphatic rings. The summed E-state index contributed by atoms with van der Waals surface area (Å²) in [5.41, 5.74) is 14.1. The van der Waals surface area contributed by atoms with Crippen molar-refractivity contribution in [2.75, 3.05) is 11.5 Å². The molecule has 2 aromatic heterocycles. The molecule has 0 unspecified atom stereocenters. The Labute approximate surface area is 128 Å². The smallest absolute Gasteiger partial charge is 0.222 e. The lowest BCUT2D eigenvalue weighted by atomic mass is 10.1. The van der Waals surface area contributed by atoms with Crippen LogP contribution in [0.25, 0.3) is 22.2 Å². The van der Waals surface area contributed by atoms with E-state index < -0.39 is 0 Å². The van der Waals surface area contributed by atoms with Crippen molar-refractivity contribution in [2.45, 2.75) is 19.9 Å². The Bertz CT molecular complexity index is 901. The molecule has 0 aliphatic heterocycles. The van der Waals surface area contributed by atoms with Crippen LogP contribution in [0.5, 0.6) is 0 Å². The molecule has 0 radical (unpaired) electrons. The fraction of sp³-hybridized carbons (Fsp3) is 0.188. The van der Waals surface area contributed by atoms with E-state index in [1.165, 1.54) is 0 Å². The van der Waals surface area contributed by atoms with Gasteiger partial charge >= 0.3 is 0 Å². The molecular formula is C16H16N6. The van der Waals surface area contributed by atoms with E-state index in [-0.39, 0.29) is 17.3 Å². The fourth-order valence-corrected chi connectivity index (χ4v) is 2.58. The number of nitriles is 1. The number of nitrogens with two attached hydrogens (primary N) is 2. The number of nitrogens with zero attached hydrogens (tertiary/aromatic N) is 4. The quantitative estimate of drug-likeness (QED) is 0.755. The number of nitrogen functional groups attached to an aromatic ring is 2. The van der Waals surface area contributed by atoms with Crippen molar-refractivity contribution in [2.24, 2.45) is 0 Å². The first-order valence-electron chi connectivity index (χ1n) is 6.95. The van der Waals surface area contributed by atoms with Gasteiger partial charge in [0.25, 0.3) is 0 Å². The van der Waals surface area contributed by atoms with E-state index in [9.17, 15) is 5.26 Å². The molecule has 0 saturated heterocycles. The molecule has 0 fully saturated rings. The molecule has 0 amide bonds. The summed E-state index contributed by atoms with van der Waals surface area (Å²) < 4.78 is 2.19. The van der Waals surface area contributed by atoms with Gasteiger partial charge in [0.15, 0.2) is 0 Å². The van der Waals surface area contributed by atoms with Crippen LogP contribution in [0.4, 0.5) is 11.8 Å². The summed E-state index contributed by atoms with van der Waals surface area (Å²) in [6.45, 7) is 4.26. The Morgan fingerprint density at radius 3 is 2.64 bits per heavy atom. The zero-order valence-corrected chi connectivity index (χ0v) is 12.4. The Hall–Kier alpha value is -3.07. The van der Waals surface area contributed by atoms with Gasteiger partial charge in [0.2, 0.25) is 5.95 Å². The van der Waals surface area contributed by atoms with Gasteiger partial charge in [0.1, 0.15) is 17.5 Å². The van der Waals surface area contributed by atoms with E-state index in [4.69, 9.17) is 11.5 Å². The van der Waals surface area contributed by atoms with Crippen LogP contribution in [0.3, 0.4) is 0 Å². The van der Waals surface area contributed by atoms with Crippen molar-refractivity contribution in [3.63, 3.8) is 0 Å². The van der Waals surface area contributed by atoms with Crippen LogP contribution in [0.15, 0.2) is 30.5 Å². The molecule has 0 saturated carbocycles. The lowest BCUT2D eigenvalue weighted by Gasteiger charge is -2.10. The number of hydrogen-bond donors (Lipinski definition) is 2. The normalized spacial score (nSPS) is 11.0. The van der Waals surface area contributed by atoms with Gasteiger partial charge in [0, 0.05) is 28.7 Å². The number of benzene rings is 1. The van der Waals surface area contributed by atoms with Gasteiger partial charge in [-0.05, 0) is 32.0 Å². The maximum absolute atomic E-state index is 9.29. The van der Waals surface area contributed by atoms with Crippen LogP contribution in [0.2, 0.25) is 0 Å². The summed E-state index contributed by atoms with van der Waals surface area (Å²) in [6, 6.07) is 10.4. The highest BCUT2D eigenvalue weighted by Crippen LogP contribution is 2.29. The third-order valence-electron chi connectivity index (χ3n) is 3.62. The molecule has 0 bridgehead atoms. The predicted octanol–water partition coefficient (Wildman–Crippen LogP) is 2.72. The number of rotatable bonds is 2. The first-order chi connectivity index (χ1) is 10.5. The molecule has 2 heterocycles. The van der Waals surface area contributed by atoms with E-state index >= 15 is 0 Å². The zero-order chi connectivity index (χ0) is 15.9. The summed E-state index contributed by atoms with van der Waals surface area (Å²) in [7, 11) is 0. The molecule has 3 rings (SSSR count). The van der Waals surface area contributed by atoms with Gasteiger partial charge < -0.3 is 16.0 Å². The van der Waals surface area contributed by atoms with Gasteiger partial charge in [-0.15, -0.1) is 0 Å². The van der Waals surface area contributed by atoms with Crippen LogP contribution in [0.1, 0.15) is 25.5 Å². The molecule has 22 heavy (non-hydrogen) atoms. The molecule has 6 nitrogen and oxygen atoms in total. The predicted molar refractivity (Wildman–Crippen MR) is 86.9 cm³/mol. The largest absolute Gasteiger partial charge is 0.382 e. The number of anilines is 2. The van der Waals surface area contributed by atoms with E-state index in [0.717, 1.165) is 16.5 Å². The minimum Gasteiger partial charge on any atom is -0.382 e. The molecule has 110 valence electrons. The van der Waals surface area contributed by atoms with Crippen molar-refractivity contribution < 1.29 is 0 Å². The first kappa shape index (κ1) is 13.9. The summed E-state index contributed by atoms with van der Waals surface area (Å²) in [4.78, 5) is 8.02. The second-order valence-corrected chi connectivity index (χ2v) is 5.39. The zero-order valence-electron chi connectivity index (χ0n) is 12.4. The van der Waals surface area contributed by atoms with Gasteiger partial charge in [-0.3, -0.25) is 0 Å². The Kier molecular flexibility index (Phi) is 3.18. The molecule has 4 N–H and O–H groups in total. The standard InChI is InChI=1S/C16H16N6/c1-9(2)22-6-5-10-7-11(3-4-13(10)22)14-12(8-17)15(18)21-16(19)20-14/h3-7,9H,1-2H3,(H4,18,19,20,21). The van der Waals surface area contributed by atoms with Gasteiger partial charge in [0.05, 0.1) is 5.69 Å². The van der Waals surface area contributed by atoms with Gasteiger partial charge in [-0.25, -0.2) is 4.98 Å². The van der Waals surface area contributed by atoms with Crippen LogP contribution in [-0.2, 0) is 0 Å². The van der Waals surface area contributed by atoms with Crippen molar-refractivity contribution in [1.29, 1.82) is 5.26 Å². The van der Waals surface area contributed by atoms with Crippen molar-refractivity contribution >= 4 is 22.7 Å². The highest BCUT2D eigenvalue weighted by Gasteiger charge is 2.14. The Morgan fingerprint density at radius 1 is 1.18 bits per heavy atom. The molecule has 6 heteroatoms. The Balaban J connectivity index is 2.22. The third kappa shape index (κ3) is 2.13. The van der Waals surface area contributed by atoms with Crippen LogP contribution in [-0.4, -0.2) is 14.5 Å². The average Bonchev–Trinajstić information content (AvgIpc) is 2.89. The Morgan fingerprint density at radius 2 is 1.95 bits per heavy atom. The average molecular weight is 292 g/mol. The summed E-state index contributed by atoms with van der Waals surface area (Å²) in [5.74, 6) is 0.163. The van der Waals surface area contributed by atoms with Crippen molar-refractivity contribution in [1.82, 2.24) is 14.5 Å². The maximum Gasteiger partial charge on any atom is 0.222 e. The molecule has 0 spiro atoms. The van der Waals surface area contributed by atoms with E-state index in [0.29, 0.717) is 11.7 Å². The topological polar surface area (TPSA) is 107 Å². The summed E-state index contributed by atoms with van der Waals surface area (Å²) >= 11 is 0. The van der Waals surface area contributed by atoms with Gasteiger partial charge in [-0.1, -0.05) is 6.07 Å². The maximum atomic E-state index is 9.29. The van der Waals surface area contributed by atoms with E-state index in [1.54, 1.807) is 0 Å². The second kappa shape index (κ2) is 5.04. The first-order valence-corrected chi connectivity index (χ1v) is 6.95. The molecular weight excluding hydrogens is 276 g/mol. The van der Waals surface area contributed by atoms with Crippen LogP contribution in [0, 0.1) is 11.3 Å². The SMILES string of the molecule is CC(C)n1ccc2cc(-c3nc(N)nc(N)c3C#N)ccc21. The highest BCUT2D eigenvalue weighted by molar-refractivity contribution is 5.87. The second-order valence-electron chi connectivity index (χ2n) is 5.39. The fourth-order valence-electron chi connectivity index (χ4n) is 2.58. The number of hydrogen-bond acceptors (Lipinski definition) is 5. The summed E-state index contributed by atoms with van der Waals surface area (Å²) in [5, 5.41) is 10.4. The lowest BCUT2D eigenvalue weighted by Crippen LogP contribution is -2.05. The van der Waals surface area contributed by atoms with Gasteiger partial charge in [-0.2, -0.15) is 10.2 Å². The minimum atomic E-state index is 0.0614. The number of fused-ring (bicyclic) bond motifs is 1. The number of aromatic nitrogens is 3. The van der Waals surface area contributed by atoms with E-state index in [1.807, 2.05) is 30.5 Å². The molecule has 3 aromatic rings. The highest BCUT2D eigenvalue weighted by atomic mass is 15.0.